The number of benzene rings is 1. The van der Waals surface area contributed by atoms with E-state index in [9.17, 15) is 9.59 Å². The molecular weight excluding hydrogens is 282 g/mol. The van der Waals surface area contributed by atoms with Gasteiger partial charge in [0.25, 0.3) is 5.91 Å². The van der Waals surface area contributed by atoms with Crippen LogP contribution in [0.25, 0.3) is 0 Å². The SMILES string of the molecule is CC1(C(=O)N(CC(=O)O)c2cccc(Cl)c2)CCCO1. The number of anilines is 1. The van der Waals surface area contributed by atoms with Crippen molar-refractivity contribution in [3.8, 4) is 0 Å². The zero-order chi connectivity index (χ0) is 14.8. The van der Waals surface area contributed by atoms with Gasteiger partial charge in [0.1, 0.15) is 12.1 Å². The molecule has 2 rings (SSSR count). The van der Waals surface area contributed by atoms with Crippen molar-refractivity contribution in [1.29, 1.82) is 0 Å². The van der Waals surface area contributed by atoms with E-state index in [1.54, 1.807) is 31.2 Å². The number of amides is 1. The number of aliphatic carboxylic acids is 1. The number of hydrogen-bond acceptors (Lipinski definition) is 3. The summed E-state index contributed by atoms with van der Waals surface area (Å²) in [6.45, 7) is 1.79. The van der Waals surface area contributed by atoms with Crippen molar-refractivity contribution < 1.29 is 19.4 Å². The Morgan fingerprint density at radius 3 is 2.80 bits per heavy atom. The number of carboxylic acid groups (broad SMARTS) is 1. The number of nitrogens with zero attached hydrogens (tertiary/aromatic N) is 1. The van der Waals surface area contributed by atoms with Crippen LogP contribution in [0, 0.1) is 0 Å². The normalized spacial score (nSPS) is 21.7. The van der Waals surface area contributed by atoms with Gasteiger partial charge in [0.15, 0.2) is 0 Å². The van der Waals surface area contributed by atoms with Gasteiger partial charge in [-0.15, -0.1) is 0 Å². The van der Waals surface area contributed by atoms with Crippen molar-refractivity contribution >= 4 is 29.2 Å². The Kier molecular flexibility index (Phi) is 4.30. The highest BCUT2D eigenvalue weighted by molar-refractivity contribution is 6.31. The summed E-state index contributed by atoms with van der Waals surface area (Å²) in [6.07, 6.45) is 1.38. The molecule has 1 amide bonds. The van der Waals surface area contributed by atoms with Crippen molar-refractivity contribution in [3.05, 3.63) is 29.3 Å². The summed E-state index contributed by atoms with van der Waals surface area (Å²) in [5, 5.41) is 9.47. The fraction of sp³-hybridized carbons (Fsp3) is 0.429. The lowest BCUT2D eigenvalue weighted by atomic mass is 10.0. The van der Waals surface area contributed by atoms with Crippen LogP contribution in [-0.4, -0.2) is 35.7 Å². The largest absolute Gasteiger partial charge is 0.480 e. The minimum absolute atomic E-state index is 0.348. The van der Waals surface area contributed by atoms with Crippen LogP contribution in [0.4, 0.5) is 5.69 Å². The lowest BCUT2D eigenvalue weighted by Crippen LogP contribution is -2.48. The lowest BCUT2D eigenvalue weighted by molar-refractivity contribution is -0.141. The minimum Gasteiger partial charge on any atom is -0.480 e. The Balaban J connectivity index is 2.32. The van der Waals surface area contributed by atoms with E-state index in [-0.39, 0.29) is 5.91 Å². The zero-order valence-corrected chi connectivity index (χ0v) is 11.9. The van der Waals surface area contributed by atoms with Crippen LogP contribution in [-0.2, 0) is 14.3 Å². The summed E-state index contributed by atoms with van der Waals surface area (Å²) < 4.78 is 5.50. The van der Waals surface area contributed by atoms with Crippen molar-refractivity contribution in [1.82, 2.24) is 0 Å². The third-order valence-electron chi connectivity index (χ3n) is 3.33. The van der Waals surface area contributed by atoms with Crippen molar-refractivity contribution in [3.63, 3.8) is 0 Å². The van der Waals surface area contributed by atoms with E-state index >= 15 is 0 Å². The van der Waals surface area contributed by atoms with Crippen LogP contribution in [0.3, 0.4) is 0 Å². The number of carbonyl (C=O) groups excluding carboxylic acids is 1. The van der Waals surface area contributed by atoms with E-state index < -0.39 is 18.1 Å². The molecule has 1 aliphatic heterocycles. The predicted octanol–water partition coefficient (Wildman–Crippen LogP) is 2.33. The Bertz CT molecular complexity index is 526. The first-order valence-electron chi connectivity index (χ1n) is 6.36. The highest BCUT2D eigenvalue weighted by Crippen LogP contribution is 2.30. The molecule has 0 saturated carbocycles. The molecule has 1 heterocycles. The molecule has 108 valence electrons. The van der Waals surface area contributed by atoms with Crippen LogP contribution in [0.5, 0.6) is 0 Å². The minimum atomic E-state index is -1.08. The molecule has 20 heavy (non-hydrogen) atoms. The van der Waals surface area contributed by atoms with Gasteiger partial charge in [0.05, 0.1) is 0 Å². The van der Waals surface area contributed by atoms with E-state index in [1.807, 2.05) is 0 Å². The molecule has 0 radical (unpaired) electrons. The van der Waals surface area contributed by atoms with Gasteiger partial charge in [-0.1, -0.05) is 17.7 Å². The molecule has 5 nitrogen and oxygen atoms in total. The second kappa shape index (κ2) is 5.81. The van der Waals surface area contributed by atoms with Gasteiger partial charge in [-0.25, -0.2) is 0 Å². The molecule has 6 heteroatoms. The molecule has 0 aromatic heterocycles. The summed E-state index contributed by atoms with van der Waals surface area (Å²) in [6, 6.07) is 6.58. The summed E-state index contributed by atoms with van der Waals surface area (Å²) in [4.78, 5) is 24.8. The van der Waals surface area contributed by atoms with Gasteiger partial charge in [0.2, 0.25) is 0 Å². The maximum Gasteiger partial charge on any atom is 0.323 e. The van der Waals surface area contributed by atoms with Gasteiger partial charge in [-0.05, 0) is 38.0 Å². The fourth-order valence-electron chi connectivity index (χ4n) is 2.29. The van der Waals surface area contributed by atoms with Crippen LogP contribution in [0.2, 0.25) is 5.02 Å². The van der Waals surface area contributed by atoms with E-state index in [2.05, 4.69) is 0 Å². The molecule has 0 spiro atoms. The molecule has 1 unspecified atom stereocenters. The third-order valence-corrected chi connectivity index (χ3v) is 3.56. The number of rotatable bonds is 4. The van der Waals surface area contributed by atoms with Gasteiger partial charge in [-0.2, -0.15) is 0 Å². The first kappa shape index (κ1) is 14.8. The lowest BCUT2D eigenvalue weighted by Gasteiger charge is -2.30. The van der Waals surface area contributed by atoms with Gasteiger partial charge in [0, 0.05) is 17.3 Å². The van der Waals surface area contributed by atoms with E-state index in [4.69, 9.17) is 21.4 Å². The van der Waals surface area contributed by atoms with Crippen LogP contribution in [0.1, 0.15) is 19.8 Å². The maximum atomic E-state index is 12.6. The van der Waals surface area contributed by atoms with Gasteiger partial charge < -0.3 is 9.84 Å². The first-order chi connectivity index (χ1) is 9.42. The topological polar surface area (TPSA) is 66.8 Å². The number of ether oxygens (including phenoxy) is 1. The van der Waals surface area contributed by atoms with Crippen LogP contribution < -0.4 is 4.90 Å². The maximum absolute atomic E-state index is 12.6. The third kappa shape index (κ3) is 3.11. The van der Waals surface area contributed by atoms with E-state index in [0.717, 1.165) is 6.42 Å². The second-order valence-electron chi connectivity index (χ2n) is 4.95. The van der Waals surface area contributed by atoms with Crippen LogP contribution >= 0.6 is 11.6 Å². The van der Waals surface area contributed by atoms with Crippen molar-refractivity contribution in [2.75, 3.05) is 18.1 Å². The summed E-state index contributed by atoms with van der Waals surface area (Å²) in [5.41, 5.74) is -0.501. The Morgan fingerprint density at radius 1 is 1.50 bits per heavy atom. The molecule has 1 fully saturated rings. The summed E-state index contributed by atoms with van der Waals surface area (Å²) in [5.74, 6) is -1.43. The average Bonchev–Trinajstić information content (AvgIpc) is 2.83. The monoisotopic (exact) mass is 297 g/mol. The molecule has 1 aromatic rings. The zero-order valence-electron chi connectivity index (χ0n) is 11.1. The predicted molar refractivity (Wildman–Crippen MR) is 75.0 cm³/mol. The number of hydrogen-bond donors (Lipinski definition) is 1. The fourth-order valence-corrected chi connectivity index (χ4v) is 2.48. The molecule has 0 bridgehead atoms. The Hall–Kier alpha value is -1.59. The van der Waals surface area contributed by atoms with Crippen molar-refractivity contribution in [2.45, 2.75) is 25.4 Å². The molecule has 1 aliphatic rings. The molecule has 0 aliphatic carbocycles. The van der Waals surface area contributed by atoms with Gasteiger partial charge >= 0.3 is 5.97 Å². The summed E-state index contributed by atoms with van der Waals surface area (Å²) >= 11 is 5.91. The van der Waals surface area contributed by atoms with Gasteiger partial charge in [-0.3, -0.25) is 14.5 Å². The summed E-state index contributed by atoms with van der Waals surface area (Å²) in [7, 11) is 0. The first-order valence-corrected chi connectivity index (χ1v) is 6.73. The average molecular weight is 298 g/mol. The van der Waals surface area contributed by atoms with Crippen molar-refractivity contribution in [2.24, 2.45) is 0 Å². The standard InChI is InChI=1S/C14H16ClNO4/c1-14(6-3-7-20-14)13(19)16(9-12(17)18)11-5-2-4-10(15)8-11/h2,4-5,8H,3,6-7,9H2,1H3,(H,17,18). The Labute approximate surface area is 122 Å². The second-order valence-corrected chi connectivity index (χ2v) is 5.38. The smallest absolute Gasteiger partial charge is 0.323 e. The molecule has 1 atom stereocenters. The highest BCUT2D eigenvalue weighted by Gasteiger charge is 2.41. The van der Waals surface area contributed by atoms with E-state index in [1.165, 1.54) is 4.90 Å². The number of carboxylic acids is 1. The number of carbonyl (C=O) groups is 2. The molecular formula is C14H16ClNO4. The van der Waals surface area contributed by atoms with E-state index in [0.29, 0.717) is 23.7 Å². The number of halogens is 1. The Morgan fingerprint density at radius 2 is 2.25 bits per heavy atom. The van der Waals surface area contributed by atoms with Crippen LogP contribution in [0.15, 0.2) is 24.3 Å². The molecule has 1 aromatic carbocycles. The highest BCUT2D eigenvalue weighted by atomic mass is 35.5. The molecule has 1 saturated heterocycles. The quantitative estimate of drug-likeness (QED) is 0.926. The molecule has 1 N–H and O–H groups in total.